The topological polar surface area (TPSA) is 67.3 Å². The highest BCUT2D eigenvalue weighted by Gasteiger charge is 2.24. The minimum atomic E-state index is 0.0585. The Labute approximate surface area is 154 Å². The number of ether oxygens (including phenoxy) is 1. The van der Waals surface area contributed by atoms with Crippen molar-refractivity contribution in [1.82, 2.24) is 14.9 Å². The number of amides is 1. The molecule has 1 aromatic carbocycles. The molecule has 1 atom stereocenters. The number of aromatic nitrogens is 2. The van der Waals surface area contributed by atoms with Crippen molar-refractivity contribution in [1.29, 1.82) is 0 Å². The Kier molecular flexibility index (Phi) is 5.83. The van der Waals surface area contributed by atoms with Crippen LogP contribution in [0.4, 0.5) is 5.82 Å². The first kappa shape index (κ1) is 18.3. The van der Waals surface area contributed by atoms with Gasteiger partial charge in [-0.1, -0.05) is 12.1 Å². The van der Waals surface area contributed by atoms with Crippen LogP contribution in [0.1, 0.15) is 37.0 Å². The maximum absolute atomic E-state index is 12.7. The van der Waals surface area contributed by atoms with Crippen molar-refractivity contribution in [2.45, 2.75) is 38.8 Å². The summed E-state index contributed by atoms with van der Waals surface area (Å²) in [6.07, 6.45) is 3.69. The molecule has 138 valence electrons. The summed E-state index contributed by atoms with van der Waals surface area (Å²) in [4.78, 5) is 23.2. The van der Waals surface area contributed by atoms with E-state index in [-0.39, 0.29) is 12.0 Å². The molecule has 6 nitrogen and oxygen atoms in total. The lowest BCUT2D eigenvalue weighted by Gasteiger charge is -2.32. The molecule has 1 unspecified atom stereocenters. The molecule has 0 saturated carbocycles. The number of rotatable bonds is 5. The average Bonchev–Trinajstić information content (AvgIpc) is 2.67. The van der Waals surface area contributed by atoms with E-state index in [4.69, 9.17) is 4.74 Å². The number of hydrogen-bond acceptors (Lipinski definition) is 5. The second kappa shape index (κ2) is 8.27. The second-order valence-electron chi connectivity index (χ2n) is 6.92. The summed E-state index contributed by atoms with van der Waals surface area (Å²) in [7, 11) is 1.71. The van der Waals surface area contributed by atoms with E-state index < -0.39 is 0 Å². The van der Waals surface area contributed by atoms with E-state index in [0.717, 1.165) is 36.5 Å². The predicted molar refractivity (Wildman–Crippen MR) is 102 cm³/mol. The van der Waals surface area contributed by atoms with E-state index in [1.807, 2.05) is 35.2 Å². The summed E-state index contributed by atoms with van der Waals surface area (Å²) in [5, 5.41) is 3.27. The molecular formula is C20H26N4O2. The molecule has 2 aromatic rings. The Morgan fingerprint density at radius 3 is 2.73 bits per heavy atom. The molecule has 0 spiro atoms. The minimum Gasteiger partial charge on any atom is -0.380 e. The number of carbonyl (C=O) groups excluding carboxylic acids is 1. The summed E-state index contributed by atoms with van der Waals surface area (Å²) in [5.41, 5.74) is 2.49. The SMILES string of the molecule is COC1CCCN(C(=O)c2ccc(-c3cc(NC(C)C)ncn3)cc2)C1. The zero-order valence-corrected chi connectivity index (χ0v) is 15.6. The van der Waals surface area contributed by atoms with Crippen LogP contribution in [0.15, 0.2) is 36.7 Å². The van der Waals surface area contributed by atoms with Gasteiger partial charge in [0.2, 0.25) is 0 Å². The van der Waals surface area contributed by atoms with Crippen LogP contribution in [-0.4, -0.2) is 53.1 Å². The zero-order chi connectivity index (χ0) is 18.5. The molecule has 0 aliphatic carbocycles. The van der Waals surface area contributed by atoms with Crippen molar-refractivity contribution >= 4 is 11.7 Å². The van der Waals surface area contributed by atoms with Crippen LogP contribution in [0.5, 0.6) is 0 Å². The van der Waals surface area contributed by atoms with E-state index in [1.165, 1.54) is 0 Å². The van der Waals surface area contributed by atoms with Gasteiger partial charge in [0.25, 0.3) is 5.91 Å². The minimum absolute atomic E-state index is 0.0585. The van der Waals surface area contributed by atoms with Crippen LogP contribution >= 0.6 is 0 Å². The number of hydrogen-bond donors (Lipinski definition) is 1. The van der Waals surface area contributed by atoms with Crippen LogP contribution in [0, 0.1) is 0 Å². The summed E-state index contributed by atoms with van der Waals surface area (Å²) in [6.45, 7) is 5.58. The fraction of sp³-hybridized carbons (Fsp3) is 0.450. The highest BCUT2D eigenvalue weighted by Crippen LogP contribution is 2.21. The van der Waals surface area contributed by atoms with Crippen molar-refractivity contribution in [3.63, 3.8) is 0 Å². The van der Waals surface area contributed by atoms with Gasteiger partial charge in [0.05, 0.1) is 11.8 Å². The number of anilines is 1. The largest absolute Gasteiger partial charge is 0.380 e. The van der Waals surface area contributed by atoms with Gasteiger partial charge in [-0.3, -0.25) is 4.79 Å². The Balaban J connectivity index is 1.73. The fourth-order valence-electron chi connectivity index (χ4n) is 3.17. The zero-order valence-electron chi connectivity index (χ0n) is 15.6. The average molecular weight is 354 g/mol. The summed E-state index contributed by atoms with van der Waals surface area (Å²) >= 11 is 0. The molecule has 3 rings (SSSR count). The lowest BCUT2D eigenvalue weighted by Crippen LogP contribution is -2.42. The monoisotopic (exact) mass is 354 g/mol. The number of nitrogens with one attached hydrogen (secondary N) is 1. The molecule has 1 amide bonds. The van der Waals surface area contributed by atoms with Crippen molar-refractivity contribution < 1.29 is 9.53 Å². The lowest BCUT2D eigenvalue weighted by molar-refractivity contribution is 0.0269. The molecule has 1 aliphatic rings. The van der Waals surface area contributed by atoms with Gasteiger partial charge in [0, 0.05) is 43.4 Å². The van der Waals surface area contributed by atoms with Gasteiger partial charge in [-0.15, -0.1) is 0 Å². The van der Waals surface area contributed by atoms with Crippen LogP contribution in [0.2, 0.25) is 0 Å². The normalized spacial score (nSPS) is 17.4. The molecular weight excluding hydrogens is 328 g/mol. The molecule has 26 heavy (non-hydrogen) atoms. The first-order valence-electron chi connectivity index (χ1n) is 9.08. The van der Waals surface area contributed by atoms with Crippen LogP contribution in [0.3, 0.4) is 0 Å². The van der Waals surface area contributed by atoms with Gasteiger partial charge >= 0.3 is 0 Å². The molecule has 0 bridgehead atoms. The standard InChI is InChI=1S/C20H26N4O2/c1-14(2)23-19-11-18(21-13-22-19)15-6-8-16(9-7-15)20(25)24-10-4-5-17(12-24)26-3/h6-9,11,13-14,17H,4-5,10,12H2,1-3H3,(H,21,22,23). The molecule has 1 saturated heterocycles. The van der Waals surface area contributed by atoms with Crippen molar-refractivity contribution in [3.8, 4) is 11.3 Å². The molecule has 2 heterocycles. The Morgan fingerprint density at radius 1 is 1.27 bits per heavy atom. The molecule has 0 radical (unpaired) electrons. The van der Waals surface area contributed by atoms with Crippen molar-refractivity contribution in [2.24, 2.45) is 0 Å². The van der Waals surface area contributed by atoms with E-state index in [1.54, 1.807) is 13.4 Å². The fourth-order valence-corrected chi connectivity index (χ4v) is 3.17. The number of piperidine rings is 1. The number of carbonyl (C=O) groups is 1. The number of nitrogens with zero attached hydrogens (tertiary/aromatic N) is 3. The Morgan fingerprint density at radius 2 is 2.04 bits per heavy atom. The van der Waals surface area contributed by atoms with E-state index >= 15 is 0 Å². The third-order valence-electron chi connectivity index (χ3n) is 4.53. The van der Waals surface area contributed by atoms with Gasteiger partial charge in [0.1, 0.15) is 12.1 Å². The van der Waals surface area contributed by atoms with Crippen LogP contribution < -0.4 is 5.32 Å². The first-order chi connectivity index (χ1) is 12.6. The maximum atomic E-state index is 12.7. The quantitative estimate of drug-likeness (QED) is 0.893. The third kappa shape index (κ3) is 4.38. The highest BCUT2D eigenvalue weighted by molar-refractivity contribution is 5.94. The summed E-state index contributed by atoms with van der Waals surface area (Å²) in [6, 6.07) is 9.83. The smallest absolute Gasteiger partial charge is 0.253 e. The van der Waals surface area contributed by atoms with Crippen molar-refractivity contribution in [2.75, 3.05) is 25.5 Å². The number of methoxy groups -OCH3 is 1. The molecule has 1 N–H and O–H groups in total. The van der Waals surface area contributed by atoms with Crippen LogP contribution in [0.25, 0.3) is 11.3 Å². The van der Waals surface area contributed by atoms with Crippen molar-refractivity contribution in [3.05, 3.63) is 42.2 Å². The van der Waals surface area contributed by atoms with Crippen LogP contribution in [-0.2, 0) is 4.74 Å². The Bertz CT molecular complexity index is 746. The highest BCUT2D eigenvalue weighted by atomic mass is 16.5. The van der Waals surface area contributed by atoms with Gasteiger partial charge in [-0.25, -0.2) is 9.97 Å². The first-order valence-corrected chi connectivity index (χ1v) is 9.08. The second-order valence-corrected chi connectivity index (χ2v) is 6.92. The van der Waals surface area contributed by atoms with E-state index in [2.05, 4.69) is 29.1 Å². The van der Waals surface area contributed by atoms with E-state index in [0.29, 0.717) is 18.2 Å². The number of likely N-dealkylation sites (tertiary alicyclic amines) is 1. The van der Waals surface area contributed by atoms with Gasteiger partial charge in [0.15, 0.2) is 0 Å². The molecule has 6 heteroatoms. The van der Waals surface area contributed by atoms with Gasteiger partial charge in [-0.2, -0.15) is 0 Å². The molecule has 1 fully saturated rings. The van der Waals surface area contributed by atoms with E-state index in [9.17, 15) is 4.79 Å². The maximum Gasteiger partial charge on any atom is 0.253 e. The van der Waals surface area contributed by atoms with Gasteiger partial charge < -0.3 is 15.0 Å². The summed E-state index contributed by atoms with van der Waals surface area (Å²) < 4.78 is 5.41. The summed E-state index contributed by atoms with van der Waals surface area (Å²) in [5.74, 6) is 0.854. The molecule has 1 aromatic heterocycles. The third-order valence-corrected chi connectivity index (χ3v) is 4.53. The lowest BCUT2D eigenvalue weighted by atomic mass is 10.0. The van der Waals surface area contributed by atoms with Gasteiger partial charge in [-0.05, 0) is 38.8 Å². The molecule has 1 aliphatic heterocycles. The number of benzene rings is 1. The predicted octanol–water partition coefficient (Wildman–Crippen LogP) is 3.21. The Hall–Kier alpha value is -2.47.